The minimum absolute atomic E-state index is 0.384. The van der Waals surface area contributed by atoms with Crippen molar-refractivity contribution in [1.82, 2.24) is 14.5 Å². The van der Waals surface area contributed by atoms with Gasteiger partial charge in [-0.15, -0.1) is 0 Å². The number of aryl methyl sites for hydroxylation is 2. The van der Waals surface area contributed by atoms with E-state index in [2.05, 4.69) is 9.97 Å². The van der Waals surface area contributed by atoms with Crippen molar-refractivity contribution in [1.29, 1.82) is 0 Å². The molecular formula is C12H13Cl2N3O. The molecule has 0 saturated carbocycles. The van der Waals surface area contributed by atoms with Gasteiger partial charge in [-0.3, -0.25) is 4.98 Å². The van der Waals surface area contributed by atoms with Gasteiger partial charge < -0.3 is 9.67 Å². The third kappa shape index (κ3) is 3.02. The number of aliphatic hydroxyl groups excluding tert-OH is 1. The van der Waals surface area contributed by atoms with Crippen molar-refractivity contribution in [3.05, 3.63) is 46.2 Å². The molecule has 0 bridgehead atoms. The van der Waals surface area contributed by atoms with Gasteiger partial charge in [-0.2, -0.15) is 0 Å². The number of aromatic nitrogens is 3. The molecule has 96 valence electrons. The Labute approximate surface area is 115 Å². The standard InChI is InChI=1S/C12H13Cl2N3O/c1-17-5-4-15-11(17)3-2-10(18)12-9(14)6-8(13)7-16-12/h4-7,10,18H,2-3H2,1H3. The van der Waals surface area contributed by atoms with Crippen LogP contribution >= 0.6 is 23.2 Å². The van der Waals surface area contributed by atoms with Crippen molar-refractivity contribution in [3.63, 3.8) is 0 Å². The fourth-order valence-electron chi connectivity index (χ4n) is 1.71. The second-order valence-corrected chi connectivity index (χ2v) is 4.87. The molecule has 0 aliphatic rings. The van der Waals surface area contributed by atoms with E-state index >= 15 is 0 Å². The Morgan fingerprint density at radius 1 is 1.39 bits per heavy atom. The summed E-state index contributed by atoms with van der Waals surface area (Å²) in [6, 6.07) is 1.58. The Morgan fingerprint density at radius 3 is 2.78 bits per heavy atom. The third-order valence-corrected chi connectivity index (χ3v) is 3.22. The maximum absolute atomic E-state index is 10.1. The Balaban J connectivity index is 2.03. The van der Waals surface area contributed by atoms with Crippen molar-refractivity contribution in [2.75, 3.05) is 0 Å². The molecule has 1 atom stereocenters. The van der Waals surface area contributed by atoms with Crippen LogP contribution in [0.3, 0.4) is 0 Å². The number of nitrogens with zero attached hydrogens (tertiary/aromatic N) is 3. The van der Waals surface area contributed by atoms with E-state index in [-0.39, 0.29) is 0 Å². The predicted octanol–water partition coefficient (Wildman–Crippen LogP) is 2.79. The van der Waals surface area contributed by atoms with Crippen molar-refractivity contribution in [3.8, 4) is 0 Å². The van der Waals surface area contributed by atoms with Gasteiger partial charge in [0.1, 0.15) is 5.82 Å². The minimum atomic E-state index is -0.716. The fraction of sp³-hybridized carbons (Fsp3) is 0.333. The number of rotatable bonds is 4. The summed E-state index contributed by atoms with van der Waals surface area (Å²) in [6.45, 7) is 0. The second kappa shape index (κ2) is 5.69. The van der Waals surface area contributed by atoms with Crippen LogP contribution in [0.2, 0.25) is 10.0 Å². The molecule has 0 spiro atoms. The van der Waals surface area contributed by atoms with Gasteiger partial charge in [-0.1, -0.05) is 23.2 Å². The Morgan fingerprint density at radius 2 is 2.17 bits per heavy atom. The Bertz CT molecular complexity index is 542. The first-order valence-electron chi connectivity index (χ1n) is 5.53. The smallest absolute Gasteiger partial charge is 0.108 e. The lowest BCUT2D eigenvalue weighted by Gasteiger charge is -2.11. The number of imidazole rings is 1. The molecule has 2 rings (SSSR count). The molecule has 2 aromatic heterocycles. The van der Waals surface area contributed by atoms with Crippen LogP contribution < -0.4 is 0 Å². The first-order chi connectivity index (χ1) is 8.58. The molecule has 18 heavy (non-hydrogen) atoms. The molecule has 0 saturated heterocycles. The van der Waals surface area contributed by atoms with Gasteiger partial charge in [0.2, 0.25) is 0 Å². The molecule has 0 aliphatic carbocycles. The predicted molar refractivity (Wildman–Crippen MR) is 70.7 cm³/mol. The Hall–Kier alpha value is -1.10. The third-order valence-electron chi connectivity index (χ3n) is 2.71. The van der Waals surface area contributed by atoms with Crippen LogP contribution in [0.25, 0.3) is 0 Å². The topological polar surface area (TPSA) is 50.9 Å². The lowest BCUT2D eigenvalue weighted by Crippen LogP contribution is -2.05. The summed E-state index contributed by atoms with van der Waals surface area (Å²) in [5.74, 6) is 0.916. The molecule has 0 aromatic carbocycles. The number of halogens is 2. The van der Waals surface area contributed by atoms with Crippen LogP contribution in [0.15, 0.2) is 24.7 Å². The van der Waals surface area contributed by atoms with Crippen LogP contribution in [-0.2, 0) is 13.5 Å². The van der Waals surface area contributed by atoms with Crippen LogP contribution in [0.4, 0.5) is 0 Å². The molecule has 4 nitrogen and oxygen atoms in total. The van der Waals surface area contributed by atoms with E-state index in [4.69, 9.17) is 23.2 Å². The normalized spacial score (nSPS) is 12.7. The first-order valence-corrected chi connectivity index (χ1v) is 6.28. The minimum Gasteiger partial charge on any atom is -0.387 e. The largest absolute Gasteiger partial charge is 0.387 e. The Kier molecular flexibility index (Phi) is 4.22. The highest BCUT2D eigenvalue weighted by Crippen LogP contribution is 2.26. The summed E-state index contributed by atoms with van der Waals surface area (Å²) >= 11 is 11.7. The van der Waals surface area contributed by atoms with Crippen molar-refractivity contribution in [2.24, 2.45) is 7.05 Å². The highest BCUT2D eigenvalue weighted by molar-refractivity contribution is 6.34. The van der Waals surface area contributed by atoms with E-state index in [1.165, 1.54) is 6.20 Å². The molecule has 0 radical (unpaired) electrons. The lowest BCUT2D eigenvalue weighted by molar-refractivity contribution is 0.162. The van der Waals surface area contributed by atoms with Crippen molar-refractivity contribution < 1.29 is 5.11 Å². The van der Waals surface area contributed by atoms with Crippen molar-refractivity contribution in [2.45, 2.75) is 18.9 Å². The summed E-state index contributed by atoms with van der Waals surface area (Å²) in [5, 5.41) is 10.9. The average molecular weight is 286 g/mol. The maximum Gasteiger partial charge on any atom is 0.108 e. The molecule has 0 fully saturated rings. The molecular weight excluding hydrogens is 273 g/mol. The summed E-state index contributed by atoms with van der Waals surface area (Å²) < 4.78 is 1.92. The van der Waals surface area contributed by atoms with Crippen LogP contribution in [0.5, 0.6) is 0 Å². The number of aliphatic hydroxyl groups is 1. The zero-order chi connectivity index (χ0) is 13.1. The van der Waals surface area contributed by atoms with E-state index in [0.29, 0.717) is 28.6 Å². The van der Waals surface area contributed by atoms with Gasteiger partial charge in [0.05, 0.1) is 21.8 Å². The molecule has 0 aliphatic heterocycles. The molecule has 1 N–H and O–H groups in total. The van der Waals surface area contributed by atoms with Gasteiger partial charge in [0.15, 0.2) is 0 Å². The van der Waals surface area contributed by atoms with Gasteiger partial charge in [-0.05, 0) is 12.5 Å². The highest BCUT2D eigenvalue weighted by atomic mass is 35.5. The van der Waals surface area contributed by atoms with E-state index in [0.717, 1.165) is 5.82 Å². The summed E-state index contributed by atoms with van der Waals surface area (Å²) in [7, 11) is 1.92. The average Bonchev–Trinajstić information content (AvgIpc) is 2.72. The highest BCUT2D eigenvalue weighted by Gasteiger charge is 2.14. The van der Waals surface area contributed by atoms with Gasteiger partial charge in [0, 0.05) is 32.1 Å². The molecule has 1 unspecified atom stereocenters. The van der Waals surface area contributed by atoms with Gasteiger partial charge in [-0.25, -0.2) is 4.98 Å². The zero-order valence-electron chi connectivity index (χ0n) is 9.85. The molecule has 2 heterocycles. The summed E-state index contributed by atoms with van der Waals surface area (Å²) in [6.07, 6.45) is 5.54. The quantitative estimate of drug-likeness (QED) is 0.940. The van der Waals surface area contributed by atoms with E-state index < -0.39 is 6.10 Å². The number of hydrogen-bond acceptors (Lipinski definition) is 3. The first kappa shape index (κ1) is 13.3. The van der Waals surface area contributed by atoms with Crippen molar-refractivity contribution >= 4 is 23.2 Å². The zero-order valence-corrected chi connectivity index (χ0v) is 11.4. The molecule has 6 heteroatoms. The monoisotopic (exact) mass is 285 g/mol. The lowest BCUT2D eigenvalue weighted by atomic mass is 10.1. The molecule has 0 amide bonds. The van der Waals surface area contributed by atoms with Crippen LogP contribution in [0, 0.1) is 0 Å². The molecule has 2 aromatic rings. The fourth-order valence-corrected chi connectivity index (χ4v) is 2.22. The van der Waals surface area contributed by atoms with E-state index in [1.54, 1.807) is 12.3 Å². The van der Waals surface area contributed by atoms with E-state index in [1.807, 2.05) is 17.8 Å². The van der Waals surface area contributed by atoms with Gasteiger partial charge in [0.25, 0.3) is 0 Å². The second-order valence-electron chi connectivity index (χ2n) is 4.03. The summed E-state index contributed by atoms with van der Waals surface area (Å²) in [5.41, 5.74) is 0.454. The number of hydrogen-bond donors (Lipinski definition) is 1. The van der Waals surface area contributed by atoms with Gasteiger partial charge >= 0.3 is 0 Å². The van der Waals surface area contributed by atoms with Crippen LogP contribution in [-0.4, -0.2) is 19.6 Å². The SMILES string of the molecule is Cn1ccnc1CCC(O)c1ncc(Cl)cc1Cl. The summed E-state index contributed by atoms with van der Waals surface area (Å²) in [4.78, 5) is 8.25. The van der Waals surface area contributed by atoms with Crippen LogP contribution in [0.1, 0.15) is 24.0 Å². The number of pyridine rings is 1. The van der Waals surface area contributed by atoms with E-state index in [9.17, 15) is 5.11 Å². The maximum atomic E-state index is 10.1.